The van der Waals surface area contributed by atoms with E-state index in [0.29, 0.717) is 11.1 Å². The van der Waals surface area contributed by atoms with Crippen molar-refractivity contribution in [2.75, 3.05) is 13.2 Å². The van der Waals surface area contributed by atoms with Crippen LogP contribution in [-0.2, 0) is 5.41 Å². The van der Waals surface area contributed by atoms with Gasteiger partial charge in [-0.25, -0.2) is 0 Å². The number of hydrogen-bond donors (Lipinski definition) is 3. The van der Waals surface area contributed by atoms with Crippen LogP contribution < -0.4 is 0 Å². The maximum absolute atomic E-state index is 10.8. The number of nitrogens with zero attached hydrogens (tertiary/aromatic N) is 2. The molecule has 5 heteroatoms. The molecule has 0 unspecified atom stereocenters. The molecule has 5 nitrogen and oxygen atoms in total. The van der Waals surface area contributed by atoms with Crippen molar-refractivity contribution in [3.8, 4) is 5.75 Å². The Hall–Kier alpha value is -1.72. The topological polar surface area (TPSA) is 85.4 Å². The van der Waals surface area contributed by atoms with Crippen molar-refractivity contribution in [3.05, 3.63) is 28.8 Å². The van der Waals surface area contributed by atoms with E-state index in [2.05, 4.69) is 30.8 Å². The Kier molecular flexibility index (Phi) is 8.20. The number of rotatable bonds is 6. The van der Waals surface area contributed by atoms with Gasteiger partial charge in [0.2, 0.25) is 0 Å². The van der Waals surface area contributed by atoms with Gasteiger partial charge in [-0.15, -0.1) is 0 Å². The quantitative estimate of drug-likeness (QED) is 0.617. The summed E-state index contributed by atoms with van der Waals surface area (Å²) in [4.78, 5) is 9.08. The van der Waals surface area contributed by atoms with Gasteiger partial charge < -0.3 is 15.3 Å². The molecule has 164 valence electrons. The van der Waals surface area contributed by atoms with E-state index in [-0.39, 0.29) is 47.3 Å². The second kappa shape index (κ2) is 9.40. The summed E-state index contributed by atoms with van der Waals surface area (Å²) in [6.45, 7) is 18.4. The second-order valence-electron chi connectivity index (χ2n) is 10.9. The minimum absolute atomic E-state index is 0.0577. The van der Waals surface area contributed by atoms with Gasteiger partial charge in [0, 0.05) is 23.6 Å². The molecule has 1 rings (SSSR count). The minimum Gasteiger partial charge on any atom is -0.507 e. The number of aliphatic hydroxyl groups is 2. The monoisotopic (exact) mass is 404 g/mol. The molecule has 0 fully saturated rings. The van der Waals surface area contributed by atoms with Crippen LogP contribution >= 0.6 is 0 Å². The Balaban J connectivity index is 3.47. The van der Waals surface area contributed by atoms with Crippen molar-refractivity contribution < 1.29 is 15.3 Å². The third-order valence-electron chi connectivity index (χ3n) is 5.17. The minimum atomic E-state index is -0.267. The van der Waals surface area contributed by atoms with E-state index < -0.39 is 0 Å². The molecule has 3 N–H and O–H groups in total. The van der Waals surface area contributed by atoms with Crippen LogP contribution in [0.25, 0.3) is 0 Å². The largest absolute Gasteiger partial charge is 0.507 e. The Labute approximate surface area is 176 Å². The molecule has 0 spiro atoms. The molecule has 0 bridgehead atoms. The van der Waals surface area contributed by atoms with Crippen LogP contribution in [0.1, 0.15) is 79.0 Å². The van der Waals surface area contributed by atoms with E-state index in [1.54, 1.807) is 12.4 Å². The average Bonchev–Trinajstić information content (AvgIpc) is 2.54. The van der Waals surface area contributed by atoms with Crippen LogP contribution in [0.4, 0.5) is 0 Å². The molecule has 1 aromatic rings. The van der Waals surface area contributed by atoms with Crippen molar-refractivity contribution in [2.24, 2.45) is 20.8 Å². The Morgan fingerprint density at radius 2 is 1.10 bits per heavy atom. The molecule has 0 saturated heterocycles. The Morgan fingerprint density at radius 3 is 1.34 bits per heavy atom. The summed E-state index contributed by atoms with van der Waals surface area (Å²) >= 11 is 0. The second-order valence-corrected chi connectivity index (χ2v) is 10.9. The first-order valence-electron chi connectivity index (χ1n) is 10.3. The summed E-state index contributed by atoms with van der Waals surface area (Å²) in [6.07, 6.45) is 3.28. The fraction of sp³-hybridized carbons (Fsp3) is 0.667. The molecule has 0 aliphatic rings. The smallest absolute Gasteiger partial charge is 0.133 e. The van der Waals surface area contributed by atoms with Gasteiger partial charge in [-0.2, -0.15) is 0 Å². The molecule has 0 heterocycles. The highest BCUT2D eigenvalue weighted by atomic mass is 16.3. The molecule has 2 atom stereocenters. The highest BCUT2D eigenvalue weighted by Crippen LogP contribution is 2.31. The number of aliphatic hydroxyl groups excluding tert-OH is 2. The third-order valence-corrected chi connectivity index (χ3v) is 5.17. The number of aliphatic imine (C=N–C) groups is 2. The van der Waals surface area contributed by atoms with Gasteiger partial charge in [0.15, 0.2) is 0 Å². The zero-order chi connectivity index (χ0) is 22.6. The van der Waals surface area contributed by atoms with Crippen molar-refractivity contribution in [2.45, 2.75) is 79.8 Å². The van der Waals surface area contributed by atoms with Gasteiger partial charge in [0.25, 0.3) is 0 Å². The van der Waals surface area contributed by atoms with Gasteiger partial charge in [0.05, 0.1) is 25.3 Å². The van der Waals surface area contributed by atoms with E-state index in [0.717, 1.165) is 5.56 Å². The average molecular weight is 405 g/mol. The molecule has 0 aromatic heterocycles. The summed E-state index contributed by atoms with van der Waals surface area (Å²) in [5, 5.41) is 30.2. The van der Waals surface area contributed by atoms with E-state index in [1.165, 1.54) is 0 Å². The van der Waals surface area contributed by atoms with Crippen LogP contribution in [0.3, 0.4) is 0 Å². The highest BCUT2D eigenvalue weighted by molar-refractivity contribution is 5.92. The lowest BCUT2D eigenvalue weighted by Gasteiger charge is -2.26. The van der Waals surface area contributed by atoms with Crippen LogP contribution in [0.5, 0.6) is 5.75 Å². The first-order chi connectivity index (χ1) is 13.1. The molecule has 0 aliphatic carbocycles. The van der Waals surface area contributed by atoms with Crippen molar-refractivity contribution in [1.82, 2.24) is 0 Å². The standard InChI is InChI=1S/C24H40N2O3/c1-22(2,3)18-10-16(12-25-19(14-27)23(4,5)6)21(29)17(11-18)13-26-20(15-28)24(7,8)9/h10-13,19-20,27-29H,14-15H2,1-9H3/t19-,20-/m0/s1. The van der Waals surface area contributed by atoms with E-state index in [4.69, 9.17) is 0 Å². The maximum atomic E-state index is 10.8. The number of benzene rings is 1. The van der Waals surface area contributed by atoms with Crippen LogP contribution in [0.2, 0.25) is 0 Å². The fourth-order valence-electron chi connectivity index (χ4n) is 2.74. The van der Waals surface area contributed by atoms with Gasteiger partial charge in [-0.3, -0.25) is 9.98 Å². The number of hydrogen-bond acceptors (Lipinski definition) is 5. The lowest BCUT2D eigenvalue weighted by Crippen LogP contribution is -2.28. The molecule has 0 saturated carbocycles. The Bertz CT molecular complexity index is 679. The van der Waals surface area contributed by atoms with Crippen LogP contribution in [0, 0.1) is 10.8 Å². The molecule has 0 radical (unpaired) electrons. The number of phenolic OH excluding ortho intramolecular Hbond substituents is 1. The summed E-state index contributed by atoms with van der Waals surface area (Å²) in [7, 11) is 0. The van der Waals surface area contributed by atoms with Crippen LogP contribution in [-0.4, -0.2) is 53.0 Å². The van der Waals surface area contributed by atoms with Gasteiger partial charge in [-0.1, -0.05) is 62.3 Å². The van der Waals surface area contributed by atoms with Crippen LogP contribution in [0.15, 0.2) is 22.1 Å². The molecule has 0 aliphatic heterocycles. The zero-order valence-electron chi connectivity index (χ0n) is 19.6. The summed E-state index contributed by atoms with van der Waals surface area (Å²) in [6, 6.07) is 3.33. The maximum Gasteiger partial charge on any atom is 0.133 e. The number of aromatic hydroxyl groups is 1. The van der Waals surface area contributed by atoms with E-state index in [9.17, 15) is 15.3 Å². The highest BCUT2D eigenvalue weighted by Gasteiger charge is 2.24. The third kappa shape index (κ3) is 7.23. The normalized spacial score (nSPS) is 16.0. The summed E-state index contributed by atoms with van der Waals surface area (Å²) in [5.74, 6) is 0.0988. The molecule has 1 aromatic carbocycles. The molecular formula is C24H40N2O3. The van der Waals surface area contributed by atoms with E-state index in [1.807, 2.05) is 53.7 Å². The van der Waals surface area contributed by atoms with E-state index >= 15 is 0 Å². The first-order valence-corrected chi connectivity index (χ1v) is 10.3. The summed E-state index contributed by atoms with van der Waals surface area (Å²) in [5.41, 5.74) is 1.74. The molecule has 29 heavy (non-hydrogen) atoms. The molecule has 0 amide bonds. The summed E-state index contributed by atoms with van der Waals surface area (Å²) < 4.78 is 0. The van der Waals surface area contributed by atoms with Crippen molar-refractivity contribution in [3.63, 3.8) is 0 Å². The number of phenols is 1. The van der Waals surface area contributed by atoms with Gasteiger partial charge in [-0.05, 0) is 33.9 Å². The predicted octanol–water partition coefficient (Wildman–Crippen LogP) is 4.34. The van der Waals surface area contributed by atoms with Gasteiger partial charge in [0.1, 0.15) is 5.75 Å². The SMILES string of the molecule is CC(C)(C)c1cc(C=N[C@@H](CO)C(C)(C)C)c(O)c(C=N[C@@H](CO)C(C)(C)C)c1. The van der Waals surface area contributed by atoms with Crippen molar-refractivity contribution >= 4 is 12.4 Å². The predicted molar refractivity (Wildman–Crippen MR) is 123 cm³/mol. The van der Waals surface area contributed by atoms with Gasteiger partial charge >= 0.3 is 0 Å². The zero-order valence-corrected chi connectivity index (χ0v) is 19.6. The fourth-order valence-corrected chi connectivity index (χ4v) is 2.74. The van der Waals surface area contributed by atoms with Crippen molar-refractivity contribution in [1.29, 1.82) is 0 Å². The lowest BCUT2D eigenvalue weighted by molar-refractivity contribution is 0.191. The first kappa shape index (κ1) is 25.3. The Morgan fingerprint density at radius 1 is 0.759 bits per heavy atom. The lowest BCUT2D eigenvalue weighted by atomic mass is 9.84. The molecular weight excluding hydrogens is 364 g/mol.